The van der Waals surface area contributed by atoms with E-state index in [1.54, 1.807) is 0 Å². The SMILES string of the molecule is CCCCOC(=O)C1C(C)=NC2=C(C(=O)CCC2)[C@H]1c1cccc(OCC)c1. The van der Waals surface area contributed by atoms with Crippen LogP contribution in [0.4, 0.5) is 0 Å². The number of esters is 1. The Morgan fingerprint density at radius 1 is 1.25 bits per heavy atom. The van der Waals surface area contributed by atoms with Crippen LogP contribution in [0.1, 0.15) is 64.4 Å². The van der Waals surface area contributed by atoms with Gasteiger partial charge >= 0.3 is 5.97 Å². The summed E-state index contributed by atoms with van der Waals surface area (Å²) in [4.78, 5) is 30.5. The van der Waals surface area contributed by atoms with Crippen molar-refractivity contribution in [2.24, 2.45) is 10.9 Å². The maximum Gasteiger partial charge on any atom is 0.315 e. The Morgan fingerprint density at radius 2 is 2.07 bits per heavy atom. The molecule has 5 nitrogen and oxygen atoms in total. The molecule has 0 saturated carbocycles. The van der Waals surface area contributed by atoms with Crippen LogP contribution >= 0.6 is 0 Å². The molecule has 5 heteroatoms. The number of carbonyl (C=O) groups is 2. The van der Waals surface area contributed by atoms with Gasteiger partial charge in [0.15, 0.2) is 5.78 Å². The summed E-state index contributed by atoms with van der Waals surface area (Å²) in [5.41, 5.74) is 3.14. The first-order chi connectivity index (χ1) is 13.6. The van der Waals surface area contributed by atoms with Crippen molar-refractivity contribution in [3.63, 3.8) is 0 Å². The zero-order chi connectivity index (χ0) is 20.1. The summed E-state index contributed by atoms with van der Waals surface area (Å²) < 4.78 is 11.2. The van der Waals surface area contributed by atoms with Gasteiger partial charge in [0.1, 0.15) is 11.7 Å². The monoisotopic (exact) mass is 383 g/mol. The minimum absolute atomic E-state index is 0.0932. The van der Waals surface area contributed by atoms with E-state index >= 15 is 0 Å². The van der Waals surface area contributed by atoms with Crippen molar-refractivity contribution in [3.05, 3.63) is 41.1 Å². The highest BCUT2D eigenvalue weighted by atomic mass is 16.5. The number of allylic oxidation sites excluding steroid dienone is 2. The van der Waals surface area contributed by atoms with Gasteiger partial charge in [0.05, 0.1) is 13.2 Å². The number of Topliss-reactive ketones (excluding diaryl/α,β-unsaturated/α-hetero) is 1. The first-order valence-corrected chi connectivity index (χ1v) is 10.3. The van der Waals surface area contributed by atoms with Gasteiger partial charge in [-0.05, 0) is 50.8 Å². The zero-order valence-electron chi connectivity index (χ0n) is 17.0. The molecule has 0 aromatic heterocycles. The van der Waals surface area contributed by atoms with Crippen LogP contribution in [0, 0.1) is 5.92 Å². The Hall–Kier alpha value is -2.43. The van der Waals surface area contributed by atoms with E-state index in [1.165, 1.54) is 0 Å². The van der Waals surface area contributed by atoms with Crippen LogP contribution < -0.4 is 4.74 Å². The van der Waals surface area contributed by atoms with Crippen molar-refractivity contribution in [1.82, 2.24) is 0 Å². The lowest BCUT2D eigenvalue weighted by molar-refractivity contribution is -0.146. The third kappa shape index (κ3) is 4.18. The first kappa shape index (κ1) is 20.3. The number of benzene rings is 1. The second kappa shape index (κ2) is 9.18. The van der Waals surface area contributed by atoms with Gasteiger partial charge in [-0.15, -0.1) is 0 Å². The van der Waals surface area contributed by atoms with E-state index in [4.69, 9.17) is 9.47 Å². The fourth-order valence-corrected chi connectivity index (χ4v) is 4.04. The molecule has 0 saturated heterocycles. The Kier molecular flexibility index (Phi) is 6.65. The molecule has 0 spiro atoms. The van der Waals surface area contributed by atoms with Crippen LogP contribution in [-0.4, -0.2) is 30.7 Å². The molecule has 2 aliphatic rings. The van der Waals surface area contributed by atoms with Crippen molar-refractivity contribution < 1.29 is 19.1 Å². The largest absolute Gasteiger partial charge is 0.494 e. The quantitative estimate of drug-likeness (QED) is 0.509. The first-order valence-electron chi connectivity index (χ1n) is 10.3. The molecule has 2 atom stereocenters. The predicted molar refractivity (Wildman–Crippen MR) is 109 cm³/mol. The molecule has 0 N–H and O–H groups in total. The fourth-order valence-electron chi connectivity index (χ4n) is 4.04. The molecule has 1 aliphatic heterocycles. The van der Waals surface area contributed by atoms with Crippen molar-refractivity contribution >= 4 is 17.5 Å². The summed E-state index contributed by atoms with van der Waals surface area (Å²) in [6.07, 6.45) is 3.88. The number of rotatable bonds is 7. The van der Waals surface area contributed by atoms with Crippen molar-refractivity contribution in [1.29, 1.82) is 0 Å². The number of nitrogens with zero attached hydrogens (tertiary/aromatic N) is 1. The third-order valence-corrected chi connectivity index (χ3v) is 5.36. The number of hydrogen-bond donors (Lipinski definition) is 0. The van der Waals surface area contributed by atoms with E-state index in [9.17, 15) is 9.59 Å². The summed E-state index contributed by atoms with van der Waals surface area (Å²) in [7, 11) is 0. The summed E-state index contributed by atoms with van der Waals surface area (Å²) in [5.74, 6) is -0.407. The predicted octanol–water partition coefficient (Wildman–Crippen LogP) is 4.61. The molecular formula is C23H29NO4. The summed E-state index contributed by atoms with van der Waals surface area (Å²) in [5, 5.41) is 0. The second-order valence-electron chi connectivity index (χ2n) is 7.37. The van der Waals surface area contributed by atoms with Gasteiger partial charge in [-0.3, -0.25) is 14.6 Å². The van der Waals surface area contributed by atoms with Crippen LogP contribution in [-0.2, 0) is 14.3 Å². The molecule has 0 radical (unpaired) electrons. The Balaban J connectivity index is 2.04. The molecule has 1 aromatic carbocycles. The lowest BCUT2D eigenvalue weighted by Crippen LogP contribution is -2.37. The van der Waals surface area contributed by atoms with Gasteiger partial charge in [0.25, 0.3) is 0 Å². The Morgan fingerprint density at radius 3 is 2.82 bits per heavy atom. The second-order valence-corrected chi connectivity index (χ2v) is 7.37. The highest BCUT2D eigenvalue weighted by molar-refractivity contribution is 6.08. The molecule has 1 aromatic rings. The topological polar surface area (TPSA) is 65.0 Å². The van der Waals surface area contributed by atoms with E-state index in [0.717, 1.165) is 48.4 Å². The highest BCUT2D eigenvalue weighted by Gasteiger charge is 2.43. The number of ether oxygens (including phenoxy) is 2. The summed E-state index contributed by atoms with van der Waals surface area (Å²) in [6.45, 7) is 6.81. The van der Waals surface area contributed by atoms with Gasteiger partial charge in [-0.2, -0.15) is 0 Å². The zero-order valence-corrected chi connectivity index (χ0v) is 17.0. The molecule has 0 fully saturated rings. The van der Waals surface area contributed by atoms with Gasteiger partial charge in [0.2, 0.25) is 0 Å². The summed E-state index contributed by atoms with van der Waals surface area (Å²) in [6, 6.07) is 7.70. The average Bonchev–Trinajstić information content (AvgIpc) is 2.67. The molecular weight excluding hydrogens is 354 g/mol. The number of aliphatic imine (C=N–C) groups is 1. The van der Waals surface area contributed by atoms with Crippen LogP contribution in [0.2, 0.25) is 0 Å². The van der Waals surface area contributed by atoms with Gasteiger partial charge in [0, 0.05) is 29.3 Å². The molecule has 0 amide bonds. The van der Waals surface area contributed by atoms with E-state index in [1.807, 2.05) is 38.1 Å². The molecule has 28 heavy (non-hydrogen) atoms. The van der Waals surface area contributed by atoms with Gasteiger partial charge in [-0.25, -0.2) is 0 Å². The van der Waals surface area contributed by atoms with Crippen molar-refractivity contribution in [2.75, 3.05) is 13.2 Å². The number of carbonyl (C=O) groups excluding carboxylic acids is 2. The van der Waals surface area contributed by atoms with E-state index < -0.39 is 5.92 Å². The summed E-state index contributed by atoms with van der Waals surface area (Å²) >= 11 is 0. The maximum absolute atomic E-state index is 13.0. The third-order valence-electron chi connectivity index (χ3n) is 5.36. The molecule has 0 bridgehead atoms. The van der Waals surface area contributed by atoms with Crippen LogP contribution in [0.15, 0.2) is 40.5 Å². The van der Waals surface area contributed by atoms with E-state index in [2.05, 4.69) is 11.9 Å². The average molecular weight is 383 g/mol. The van der Waals surface area contributed by atoms with Crippen molar-refractivity contribution in [3.8, 4) is 5.75 Å². The van der Waals surface area contributed by atoms with Crippen LogP contribution in [0.25, 0.3) is 0 Å². The van der Waals surface area contributed by atoms with Gasteiger partial charge in [-0.1, -0.05) is 25.5 Å². The normalized spacial score (nSPS) is 21.8. The van der Waals surface area contributed by atoms with E-state index in [0.29, 0.717) is 25.2 Å². The Bertz CT molecular complexity index is 809. The van der Waals surface area contributed by atoms with Crippen LogP contribution in [0.5, 0.6) is 5.75 Å². The van der Waals surface area contributed by atoms with Gasteiger partial charge < -0.3 is 9.47 Å². The fraction of sp³-hybridized carbons (Fsp3) is 0.522. The van der Waals surface area contributed by atoms with Crippen molar-refractivity contribution in [2.45, 2.75) is 58.8 Å². The molecule has 1 aliphatic carbocycles. The smallest absolute Gasteiger partial charge is 0.315 e. The number of hydrogen-bond acceptors (Lipinski definition) is 5. The lowest BCUT2D eigenvalue weighted by atomic mass is 9.71. The molecule has 3 rings (SSSR count). The number of unbranched alkanes of at least 4 members (excludes halogenated alkanes) is 1. The highest BCUT2D eigenvalue weighted by Crippen LogP contribution is 2.44. The Labute approximate surface area is 166 Å². The minimum Gasteiger partial charge on any atom is -0.494 e. The minimum atomic E-state index is -0.575. The number of ketones is 1. The maximum atomic E-state index is 13.0. The molecule has 150 valence electrons. The van der Waals surface area contributed by atoms with Crippen LogP contribution in [0.3, 0.4) is 0 Å². The standard InChI is InChI=1S/C23H29NO4/c1-4-6-13-28-23(26)20-15(3)24-18-11-8-12-19(25)22(18)21(20)16-9-7-10-17(14-16)27-5-2/h7,9-10,14,20-21H,4-6,8,11-13H2,1-3H3/t20?,21-/m0/s1. The lowest BCUT2D eigenvalue weighted by Gasteiger charge is -2.34. The molecule has 1 heterocycles. The van der Waals surface area contributed by atoms with E-state index in [-0.39, 0.29) is 17.7 Å². The molecule has 1 unspecified atom stereocenters.